The number of hydrogen-bond donors (Lipinski definition) is 0. The van der Waals surface area contributed by atoms with Crippen LogP contribution in [0.5, 0.6) is 5.75 Å². The van der Waals surface area contributed by atoms with E-state index < -0.39 is 0 Å². The zero-order valence-electron chi connectivity index (χ0n) is 13.5. The molecule has 1 aromatic carbocycles. The third-order valence-electron chi connectivity index (χ3n) is 3.74. The third-order valence-corrected chi connectivity index (χ3v) is 3.74. The van der Waals surface area contributed by atoms with Gasteiger partial charge in [0.2, 0.25) is 0 Å². The molecule has 4 heteroatoms. The molecule has 0 radical (unpaired) electrons. The normalized spacial score (nSPS) is 12.4. The summed E-state index contributed by atoms with van der Waals surface area (Å²) in [7, 11) is 0. The van der Waals surface area contributed by atoms with Gasteiger partial charge in [-0.2, -0.15) is 0 Å². The first-order chi connectivity index (χ1) is 10.2. The predicted octanol–water partition coefficient (Wildman–Crippen LogP) is 3.61. The molecule has 0 spiro atoms. The van der Waals surface area contributed by atoms with Crippen LogP contribution >= 0.6 is 0 Å². The smallest absolute Gasteiger partial charge is 0.122 e. The largest absolute Gasteiger partial charge is 0.494 e. The van der Waals surface area contributed by atoms with Crippen molar-refractivity contribution in [3.8, 4) is 5.75 Å². The Morgan fingerprint density at radius 3 is 2.67 bits per heavy atom. The molecule has 1 unspecified atom stereocenters. The van der Waals surface area contributed by atoms with Crippen LogP contribution in [-0.2, 0) is 19.4 Å². The lowest BCUT2D eigenvalue weighted by atomic mass is 9.93. The van der Waals surface area contributed by atoms with Crippen molar-refractivity contribution in [2.45, 2.75) is 53.0 Å². The van der Waals surface area contributed by atoms with Crippen molar-refractivity contribution < 1.29 is 4.74 Å². The average molecular weight is 287 g/mol. The fourth-order valence-corrected chi connectivity index (χ4v) is 2.50. The van der Waals surface area contributed by atoms with Crippen LogP contribution in [0.25, 0.3) is 0 Å². The van der Waals surface area contributed by atoms with Gasteiger partial charge in [0.1, 0.15) is 5.75 Å². The van der Waals surface area contributed by atoms with E-state index in [4.69, 9.17) is 4.74 Å². The molecule has 1 heterocycles. The molecular formula is C17H25N3O. The van der Waals surface area contributed by atoms with E-state index in [1.165, 1.54) is 11.1 Å². The van der Waals surface area contributed by atoms with Gasteiger partial charge in [-0.3, -0.25) is 4.68 Å². The average Bonchev–Trinajstić information content (AvgIpc) is 2.95. The quantitative estimate of drug-likeness (QED) is 0.781. The van der Waals surface area contributed by atoms with Gasteiger partial charge in [-0.25, -0.2) is 0 Å². The van der Waals surface area contributed by atoms with Crippen LogP contribution in [0.3, 0.4) is 0 Å². The standard InChI is InChI=1S/C17H25N3O/c1-5-14-8-9-17(21-7-3)16(11-14)13(4)10-15-12-20(6-2)19-18-15/h8-9,11-13H,5-7,10H2,1-4H3. The lowest BCUT2D eigenvalue weighted by molar-refractivity contribution is 0.334. The number of aromatic nitrogens is 3. The SMILES string of the molecule is CCOc1ccc(CC)cc1C(C)Cc1cn(CC)nn1. The first kappa shape index (κ1) is 15.5. The van der Waals surface area contributed by atoms with Crippen molar-refractivity contribution in [2.24, 2.45) is 0 Å². The molecule has 1 aromatic heterocycles. The van der Waals surface area contributed by atoms with Crippen LogP contribution in [0.15, 0.2) is 24.4 Å². The fourth-order valence-electron chi connectivity index (χ4n) is 2.50. The summed E-state index contributed by atoms with van der Waals surface area (Å²) in [6.45, 7) is 10.0. The number of ether oxygens (including phenoxy) is 1. The summed E-state index contributed by atoms with van der Waals surface area (Å²) in [4.78, 5) is 0. The molecule has 2 aromatic rings. The molecule has 4 nitrogen and oxygen atoms in total. The second kappa shape index (κ2) is 7.25. The third kappa shape index (κ3) is 3.84. The highest BCUT2D eigenvalue weighted by Gasteiger charge is 2.15. The summed E-state index contributed by atoms with van der Waals surface area (Å²) in [6, 6.07) is 6.51. The van der Waals surface area contributed by atoms with Crippen LogP contribution in [-0.4, -0.2) is 21.6 Å². The van der Waals surface area contributed by atoms with Crippen molar-refractivity contribution in [3.63, 3.8) is 0 Å². The molecule has 0 N–H and O–H groups in total. The zero-order valence-corrected chi connectivity index (χ0v) is 13.5. The summed E-state index contributed by atoms with van der Waals surface area (Å²) in [5.41, 5.74) is 3.65. The van der Waals surface area contributed by atoms with Gasteiger partial charge in [0.05, 0.1) is 12.3 Å². The van der Waals surface area contributed by atoms with Crippen molar-refractivity contribution in [2.75, 3.05) is 6.61 Å². The fraction of sp³-hybridized carbons (Fsp3) is 0.529. The number of nitrogens with zero attached hydrogens (tertiary/aromatic N) is 3. The Labute approximate surface area is 127 Å². The predicted molar refractivity (Wildman–Crippen MR) is 84.8 cm³/mol. The minimum Gasteiger partial charge on any atom is -0.494 e. The number of benzene rings is 1. The maximum Gasteiger partial charge on any atom is 0.122 e. The molecule has 0 amide bonds. The van der Waals surface area contributed by atoms with Crippen LogP contribution in [0.4, 0.5) is 0 Å². The number of hydrogen-bond acceptors (Lipinski definition) is 3. The highest BCUT2D eigenvalue weighted by molar-refractivity contribution is 5.40. The Morgan fingerprint density at radius 2 is 2.05 bits per heavy atom. The van der Waals surface area contributed by atoms with Crippen molar-refractivity contribution >= 4 is 0 Å². The molecule has 2 rings (SSSR count). The summed E-state index contributed by atoms with van der Waals surface area (Å²) in [5, 5.41) is 8.35. The summed E-state index contributed by atoms with van der Waals surface area (Å²) in [6.07, 6.45) is 3.95. The van der Waals surface area contributed by atoms with Gasteiger partial charge < -0.3 is 4.74 Å². The molecule has 1 atom stereocenters. The number of aryl methyl sites for hydroxylation is 2. The first-order valence-electron chi connectivity index (χ1n) is 7.82. The molecule has 114 valence electrons. The van der Waals surface area contributed by atoms with E-state index >= 15 is 0 Å². The Bertz CT molecular complexity index is 577. The second-order valence-corrected chi connectivity index (χ2v) is 5.33. The van der Waals surface area contributed by atoms with Gasteiger partial charge in [-0.1, -0.05) is 31.2 Å². The van der Waals surface area contributed by atoms with Gasteiger partial charge in [-0.15, -0.1) is 5.10 Å². The molecule has 0 aliphatic rings. The van der Waals surface area contributed by atoms with Crippen LogP contribution in [0.2, 0.25) is 0 Å². The lowest BCUT2D eigenvalue weighted by Gasteiger charge is -2.17. The van der Waals surface area contributed by atoms with Crippen LogP contribution < -0.4 is 4.74 Å². The summed E-state index contributed by atoms with van der Waals surface area (Å²) >= 11 is 0. The highest BCUT2D eigenvalue weighted by Crippen LogP contribution is 2.30. The molecule has 21 heavy (non-hydrogen) atoms. The Balaban J connectivity index is 2.21. The van der Waals surface area contributed by atoms with E-state index in [-0.39, 0.29) is 0 Å². The molecule has 0 bridgehead atoms. The van der Waals surface area contributed by atoms with E-state index in [9.17, 15) is 0 Å². The lowest BCUT2D eigenvalue weighted by Crippen LogP contribution is -2.04. The first-order valence-corrected chi connectivity index (χ1v) is 7.82. The van der Waals surface area contributed by atoms with Crippen molar-refractivity contribution in [3.05, 3.63) is 41.2 Å². The van der Waals surface area contributed by atoms with Gasteiger partial charge in [0.25, 0.3) is 0 Å². The van der Waals surface area contributed by atoms with Crippen molar-refractivity contribution in [1.29, 1.82) is 0 Å². The molecule has 0 saturated heterocycles. The van der Waals surface area contributed by atoms with Crippen molar-refractivity contribution in [1.82, 2.24) is 15.0 Å². The van der Waals surface area contributed by atoms with Gasteiger partial charge in [-0.05, 0) is 49.8 Å². The van der Waals surface area contributed by atoms with E-state index in [0.717, 1.165) is 30.8 Å². The summed E-state index contributed by atoms with van der Waals surface area (Å²) < 4.78 is 7.65. The second-order valence-electron chi connectivity index (χ2n) is 5.33. The van der Waals surface area contributed by atoms with Crippen LogP contribution in [0.1, 0.15) is 50.4 Å². The van der Waals surface area contributed by atoms with Gasteiger partial charge in [0.15, 0.2) is 0 Å². The number of rotatable bonds is 7. The Morgan fingerprint density at radius 1 is 1.24 bits per heavy atom. The maximum absolute atomic E-state index is 5.78. The molecule has 0 fully saturated rings. The zero-order chi connectivity index (χ0) is 15.2. The minimum absolute atomic E-state index is 0.361. The molecule has 0 aliphatic carbocycles. The minimum atomic E-state index is 0.361. The van der Waals surface area contributed by atoms with E-state index in [0.29, 0.717) is 12.5 Å². The molecule has 0 aliphatic heterocycles. The van der Waals surface area contributed by atoms with E-state index in [2.05, 4.69) is 49.3 Å². The highest BCUT2D eigenvalue weighted by atomic mass is 16.5. The van der Waals surface area contributed by atoms with Gasteiger partial charge >= 0.3 is 0 Å². The Kier molecular flexibility index (Phi) is 5.37. The topological polar surface area (TPSA) is 39.9 Å². The molecule has 0 saturated carbocycles. The Hall–Kier alpha value is -1.84. The molecular weight excluding hydrogens is 262 g/mol. The van der Waals surface area contributed by atoms with Crippen LogP contribution in [0, 0.1) is 0 Å². The van der Waals surface area contributed by atoms with E-state index in [1.54, 1.807) is 0 Å². The van der Waals surface area contributed by atoms with Gasteiger partial charge in [0, 0.05) is 12.7 Å². The monoisotopic (exact) mass is 287 g/mol. The summed E-state index contributed by atoms with van der Waals surface area (Å²) in [5.74, 6) is 1.35. The van der Waals surface area contributed by atoms with E-state index in [1.807, 2.05) is 17.8 Å². The maximum atomic E-state index is 5.78.